The van der Waals surface area contributed by atoms with Gasteiger partial charge in [-0.25, -0.2) is 0 Å². The second-order valence-electron chi connectivity index (χ2n) is 9.18. The Morgan fingerprint density at radius 1 is 0.655 bits per heavy atom. The van der Waals surface area contributed by atoms with Gasteiger partial charge in [0.25, 0.3) is 0 Å². The number of carbonyl (C=O) groups is 1. The molecule has 0 aliphatic rings. The van der Waals surface area contributed by atoms with E-state index in [1.807, 2.05) is 0 Å². The van der Waals surface area contributed by atoms with Crippen molar-refractivity contribution in [3.8, 4) is 0 Å². The van der Waals surface area contributed by atoms with Gasteiger partial charge in [-0.3, -0.25) is 4.79 Å². The quantitative estimate of drug-likeness (QED) is 0.135. The monoisotopic (exact) mass is 408 g/mol. The number of aliphatic carboxylic acids is 1. The Morgan fingerprint density at radius 3 is 1.55 bits per heavy atom. The Labute approximate surface area is 182 Å². The van der Waals surface area contributed by atoms with Crippen LogP contribution in [-0.2, 0) is 4.79 Å². The molecular weight excluding hydrogens is 356 g/mol. The SMILES string of the molecule is CCCCCCCC(C)CCCCCCCCCCCC/C=C\CCCC(=O)O. The maximum atomic E-state index is 10.4. The molecule has 1 unspecified atom stereocenters. The molecule has 0 aliphatic carbocycles. The zero-order valence-electron chi connectivity index (χ0n) is 19.9. The van der Waals surface area contributed by atoms with Crippen molar-refractivity contribution in [1.29, 1.82) is 0 Å². The lowest BCUT2D eigenvalue weighted by molar-refractivity contribution is -0.137. The van der Waals surface area contributed by atoms with Crippen LogP contribution in [0.5, 0.6) is 0 Å². The van der Waals surface area contributed by atoms with E-state index in [9.17, 15) is 4.79 Å². The van der Waals surface area contributed by atoms with Crippen molar-refractivity contribution < 1.29 is 9.90 Å². The zero-order valence-corrected chi connectivity index (χ0v) is 19.9. The molecule has 0 amide bonds. The summed E-state index contributed by atoms with van der Waals surface area (Å²) >= 11 is 0. The van der Waals surface area contributed by atoms with E-state index in [-0.39, 0.29) is 0 Å². The normalized spacial score (nSPS) is 12.6. The van der Waals surface area contributed by atoms with Crippen molar-refractivity contribution in [2.75, 3.05) is 0 Å². The Kier molecular flexibility index (Phi) is 22.8. The zero-order chi connectivity index (χ0) is 21.4. The second kappa shape index (κ2) is 23.5. The van der Waals surface area contributed by atoms with E-state index in [2.05, 4.69) is 26.0 Å². The fraction of sp³-hybridized carbons (Fsp3) is 0.889. The molecule has 0 fully saturated rings. The third-order valence-electron chi connectivity index (χ3n) is 6.05. The Morgan fingerprint density at radius 2 is 1.07 bits per heavy atom. The van der Waals surface area contributed by atoms with Crippen LogP contribution in [0.4, 0.5) is 0 Å². The highest BCUT2D eigenvalue weighted by Crippen LogP contribution is 2.18. The number of carboxylic acid groups (broad SMARTS) is 1. The number of hydrogen-bond acceptors (Lipinski definition) is 1. The highest BCUT2D eigenvalue weighted by atomic mass is 16.4. The van der Waals surface area contributed by atoms with Crippen molar-refractivity contribution in [3.63, 3.8) is 0 Å². The first-order valence-corrected chi connectivity index (χ1v) is 13.0. The molecule has 0 heterocycles. The van der Waals surface area contributed by atoms with Crippen LogP contribution in [0.1, 0.15) is 149 Å². The van der Waals surface area contributed by atoms with Crippen molar-refractivity contribution >= 4 is 5.97 Å². The third-order valence-corrected chi connectivity index (χ3v) is 6.05. The summed E-state index contributed by atoms with van der Waals surface area (Å²) in [6.07, 6.45) is 31.5. The molecule has 172 valence electrons. The van der Waals surface area contributed by atoms with Crippen LogP contribution in [0.2, 0.25) is 0 Å². The molecule has 0 aliphatic heterocycles. The average molecular weight is 409 g/mol. The minimum absolute atomic E-state index is 0.294. The lowest BCUT2D eigenvalue weighted by atomic mass is 9.96. The number of hydrogen-bond donors (Lipinski definition) is 1. The predicted molar refractivity (Wildman–Crippen MR) is 129 cm³/mol. The minimum Gasteiger partial charge on any atom is -0.481 e. The summed E-state index contributed by atoms with van der Waals surface area (Å²) in [5, 5.41) is 8.57. The smallest absolute Gasteiger partial charge is 0.303 e. The van der Waals surface area contributed by atoms with Gasteiger partial charge in [-0.05, 0) is 31.6 Å². The van der Waals surface area contributed by atoms with Gasteiger partial charge in [0, 0.05) is 6.42 Å². The van der Waals surface area contributed by atoms with Crippen molar-refractivity contribution in [2.45, 2.75) is 149 Å². The molecular formula is C27H52O2. The van der Waals surface area contributed by atoms with Crippen molar-refractivity contribution in [2.24, 2.45) is 5.92 Å². The molecule has 0 rings (SSSR count). The number of allylic oxidation sites excluding steroid dienone is 2. The summed E-state index contributed by atoms with van der Waals surface area (Å²) in [4.78, 5) is 10.4. The predicted octanol–water partition coefficient (Wildman–Crippen LogP) is 9.48. The number of carboxylic acids is 1. The van der Waals surface area contributed by atoms with Gasteiger partial charge in [-0.1, -0.05) is 129 Å². The van der Waals surface area contributed by atoms with Gasteiger partial charge in [0.15, 0.2) is 0 Å². The molecule has 0 bridgehead atoms. The Bertz CT molecular complexity index is 362. The van der Waals surface area contributed by atoms with E-state index in [1.54, 1.807) is 0 Å². The largest absolute Gasteiger partial charge is 0.481 e. The van der Waals surface area contributed by atoms with Crippen LogP contribution >= 0.6 is 0 Å². The van der Waals surface area contributed by atoms with E-state index in [1.165, 1.54) is 109 Å². The molecule has 0 spiro atoms. The molecule has 1 atom stereocenters. The van der Waals surface area contributed by atoms with Gasteiger partial charge in [0.2, 0.25) is 0 Å². The summed E-state index contributed by atoms with van der Waals surface area (Å²) in [6, 6.07) is 0. The molecule has 0 aromatic heterocycles. The van der Waals surface area contributed by atoms with Crippen LogP contribution in [0, 0.1) is 5.92 Å². The first kappa shape index (κ1) is 28.2. The highest BCUT2D eigenvalue weighted by Gasteiger charge is 2.02. The molecule has 2 nitrogen and oxygen atoms in total. The topological polar surface area (TPSA) is 37.3 Å². The lowest BCUT2D eigenvalue weighted by Gasteiger charge is -2.11. The van der Waals surface area contributed by atoms with Crippen LogP contribution < -0.4 is 0 Å². The molecule has 0 saturated carbocycles. The third kappa shape index (κ3) is 25.2. The Balaban J connectivity index is 3.16. The molecule has 0 aromatic carbocycles. The number of rotatable bonds is 23. The van der Waals surface area contributed by atoms with Gasteiger partial charge >= 0.3 is 5.97 Å². The standard InChI is InChI=1S/C27H52O2/c1-3-4-5-17-20-23-26(2)24-21-18-15-13-11-9-7-6-8-10-12-14-16-19-22-25-27(28)29/h14,16,26H,3-13,15,17-25H2,1-2H3,(H,28,29)/b16-14-. The van der Waals surface area contributed by atoms with Gasteiger partial charge in [-0.15, -0.1) is 0 Å². The van der Waals surface area contributed by atoms with Gasteiger partial charge in [0.1, 0.15) is 0 Å². The van der Waals surface area contributed by atoms with Gasteiger partial charge < -0.3 is 5.11 Å². The van der Waals surface area contributed by atoms with Crippen LogP contribution in [0.15, 0.2) is 12.2 Å². The molecule has 0 radical (unpaired) electrons. The Hall–Kier alpha value is -0.790. The van der Waals surface area contributed by atoms with Gasteiger partial charge in [-0.2, -0.15) is 0 Å². The van der Waals surface area contributed by atoms with E-state index in [4.69, 9.17) is 5.11 Å². The average Bonchev–Trinajstić information content (AvgIpc) is 2.70. The van der Waals surface area contributed by atoms with E-state index in [0.717, 1.165) is 25.2 Å². The minimum atomic E-state index is -0.684. The maximum Gasteiger partial charge on any atom is 0.303 e. The molecule has 1 N–H and O–H groups in total. The molecule has 0 aromatic rings. The molecule has 2 heteroatoms. The summed E-state index contributed by atoms with van der Waals surface area (Å²) in [6.45, 7) is 4.74. The van der Waals surface area contributed by atoms with Crippen LogP contribution in [-0.4, -0.2) is 11.1 Å². The first-order chi connectivity index (χ1) is 14.2. The summed E-state index contributed by atoms with van der Waals surface area (Å²) in [5.41, 5.74) is 0. The van der Waals surface area contributed by atoms with E-state index in [0.29, 0.717) is 6.42 Å². The lowest BCUT2D eigenvalue weighted by Crippen LogP contribution is -1.95. The summed E-state index contributed by atoms with van der Waals surface area (Å²) < 4.78 is 0. The fourth-order valence-corrected chi connectivity index (χ4v) is 4.02. The maximum absolute atomic E-state index is 10.4. The fourth-order valence-electron chi connectivity index (χ4n) is 4.02. The van der Waals surface area contributed by atoms with Gasteiger partial charge in [0.05, 0.1) is 0 Å². The van der Waals surface area contributed by atoms with Crippen LogP contribution in [0.3, 0.4) is 0 Å². The van der Waals surface area contributed by atoms with E-state index < -0.39 is 5.97 Å². The van der Waals surface area contributed by atoms with Crippen LogP contribution in [0.25, 0.3) is 0 Å². The van der Waals surface area contributed by atoms with Crippen molar-refractivity contribution in [3.05, 3.63) is 12.2 Å². The summed E-state index contributed by atoms with van der Waals surface area (Å²) in [7, 11) is 0. The van der Waals surface area contributed by atoms with E-state index >= 15 is 0 Å². The first-order valence-electron chi connectivity index (χ1n) is 13.0. The number of unbranched alkanes of at least 4 members (excludes halogenated alkanes) is 15. The van der Waals surface area contributed by atoms with Crippen molar-refractivity contribution in [1.82, 2.24) is 0 Å². The molecule has 29 heavy (non-hydrogen) atoms. The molecule has 0 saturated heterocycles. The highest BCUT2D eigenvalue weighted by molar-refractivity contribution is 5.66. The summed E-state index contributed by atoms with van der Waals surface area (Å²) in [5.74, 6) is 0.257. The second-order valence-corrected chi connectivity index (χ2v) is 9.18.